The van der Waals surface area contributed by atoms with E-state index in [4.69, 9.17) is 0 Å². The van der Waals surface area contributed by atoms with Gasteiger partial charge in [0, 0.05) is 25.0 Å². The van der Waals surface area contributed by atoms with Crippen molar-refractivity contribution in [2.75, 3.05) is 27.2 Å². The van der Waals surface area contributed by atoms with Gasteiger partial charge in [0.25, 0.3) is 0 Å². The molecule has 0 spiro atoms. The molecule has 0 aromatic carbocycles. The van der Waals surface area contributed by atoms with Crippen molar-refractivity contribution in [1.29, 1.82) is 0 Å². The van der Waals surface area contributed by atoms with Crippen molar-refractivity contribution in [1.82, 2.24) is 10.2 Å². The number of hydrogen-bond donors (Lipinski definition) is 1. The Kier molecular flexibility index (Phi) is 8.01. The summed E-state index contributed by atoms with van der Waals surface area (Å²) in [4.78, 5) is 14.6. The maximum Gasteiger partial charge on any atom is 0.227 e. The number of hydrogen-bond acceptors (Lipinski definition) is 3. The first-order valence-electron chi connectivity index (χ1n) is 4.76. The quantitative estimate of drug-likeness (QED) is 0.899. The second-order valence-electron chi connectivity index (χ2n) is 3.30. The number of rotatable bonds is 5. The van der Waals surface area contributed by atoms with E-state index < -0.39 is 0 Å². The third-order valence-electron chi connectivity index (χ3n) is 2.08. The first-order chi connectivity index (χ1) is 7.13. The van der Waals surface area contributed by atoms with E-state index in [0.717, 1.165) is 21.8 Å². The van der Waals surface area contributed by atoms with E-state index in [1.54, 1.807) is 16.2 Å². The molecule has 1 heterocycles. The van der Waals surface area contributed by atoms with Crippen LogP contribution in [0, 0.1) is 0 Å². The van der Waals surface area contributed by atoms with Gasteiger partial charge >= 0.3 is 0 Å². The normalized spacial score (nSPS) is 9.69. The Labute approximate surface area is 115 Å². The van der Waals surface area contributed by atoms with Gasteiger partial charge < -0.3 is 10.2 Å². The molecule has 16 heavy (non-hydrogen) atoms. The Bertz CT molecular complexity index is 332. The van der Waals surface area contributed by atoms with Crippen molar-refractivity contribution >= 4 is 45.6 Å². The smallest absolute Gasteiger partial charge is 0.227 e. The van der Waals surface area contributed by atoms with Crippen LogP contribution in [0.1, 0.15) is 4.88 Å². The Hall–Kier alpha value is -0.100. The van der Waals surface area contributed by atoms with Crippen molar-refractivity contribution in [3.05, 3.63) is 20.8 Å². The van der Waals surface area contributed by atoms with E-state index in [1.807, 2.05) is 26.2 Å². The lowest BCUT2D eigenvalue weighted by Crippen LogP contribution is -2.33. The molecule has 0 fully saturated rings. The van der Waals surface area contributed by atoms with E-state index in [2.05, 4.69) is 21.2 Å². The van der Waals surface area contributed by atoms with Crippen LogP contribution in [0.2, 0.25) is 0 Å². The van der Waals surface area contributed by atoms with Gasteiger partial charge in [0.1, 0.15) is 0 Å². The lowest BCUT2D eigenvalue weighted by Gasteiger charge is -2.16. The highest BCUT2D eigenvalue weighted by molar-refractivity contribution is 9.11. The van der Waals surface area contributed by atoms with Gasteiger partial charge in [-0.25, -0.2) is 0 Å². The highest BCUT2D eigenvalue weighted by Gasteiger charge is 2.10. The minimum atomic E-state index is 0. The van der Waals surface area contributed by atoms with Crippen molar-refractivity contribution < 1.29 is 4.79 Å². The maximum atomic E-state index is 11.7. The van der Waals surface area contributed by atoms with Gasteiger partial charge in [0.15, 0.2) is 0 Å². The summed E-state index contributed by atoms with van der Waals surface area (Å²) in [7, 11) is 3.72. The van der Waals surface area contributed by atoms with Crippen LogP contribution in [-0.2, 0) is 11.2 Å². The van der Waals surface area contributed by atoms with Gasteiger partial charge in [0.2, 0.25) is 5.91 Å². The van der Waals surface area contributed by atoms with Crippen molar-refractivity contribution in [2.24, 2.45) is 0 Å². The molecule has 1 amide bonds. The summed E-state index contributed by atoms with van der Waals surface area (Å²) in [5, 5.41) is 3.02. The zero-order chi connectivity index (χ0) is 11.3. The number of nitrogens with one attached hydrogen (secondary N) is 1. The average Bonchev–Trinajstić information content (AvgIpc) is 2.60. The molecule has 92 valence electrons. The summed E-state index contributed by atoms with van der Waals surface area (Å²) in [5.41, 5.74) is 0. The fraction of sp³-hybridized carbons (Fsp3) is 0.500. The maximum absolute atomic E-state index is 11.7. The van der Waals surface area contributed by atoms with Crippen LogP contribution in [0.15, 0.2) is 15.9 Å². The molecule has 0 aliphatic rings. The number of thiophene rings is 1. The molecule has 1 aromatic heterocycles. The van der Waals surface area contributed by atoms with Crippen LogP contribution < -0.4 is 5.32 Å². The molecule has 3 nitrogen and oxygen atoms in total. The summed E-state index contributed by atoms with van der Waals surface area (Å²) in [6.45, 7) is 1.58. The molecular weight excluding hydrogens is 312 g/mol. The molecule has 0 aliphatic carbocycles. The van der Waals surface area contributed by atoms with Crippen molar-refractivity contribution in [3.8, 4) is 0 Å². The third kappa shape index (κ3) is 5.30. The van der Waals surface area contributed by atoms with Gasteiger partial charge in [-0.2, -0.15) is 0 Å². The molecule has 0 radical (unpaired) electrons. The van der Waals surface area contributed by atoms with Gasteiger partial charge in [0.05, 0.1) is 10.2 Å². The summed E-state index contributed by atoms with van der Waals surface area (Å²) >= 11 is 5.00. The summed E-state index contributed by atoms with van der Waals surface area (Å²) < 4.78 is 1.07. The lowest BCUT2D eigenvalue weighted by atomic mass is 10.3. The van der Waals surface area contributed by atoms with Crippen LogP contribution in [0.3, 0.4) is 0 Å². The average molecular weight is 328 g/mol. The highest BCUT2D eigenvalue weighted by atomic mass is 79.9. The summed E-state index contributed by atoms with van der Waals surface area (Å²) in [6, 6.07) is 3.96. The third-order valence-corrected chi connectivity index (χ3v) is 3.70. The monoisotopic (exact) mass is 326 g/mol. The van der Waals surface area contributed by atoms with Gasteiger partial charge in [-0.05, 0) is 35.1 Å². The lowest BCUT2D eigenvalue weighted by molar-refractivity contribution is -0.129. The number of nitrogens with zero attached hydrogens (tertiary/aromatic N) is 1. The predicted molar refractivity (Wildman–Crippen MR) is 74.5 cm³/mol. The SMILES string of the molecule is CNCCN(C)C(=O)Cc1ccc(Br)s1.Cl. The van der Waals surface area contributed by atoms with Crippen LogP contribution >= 0.6 is 39.7 Å². The molecule has 1 aromatic rings. The minimum absolute atomic E-state index is 0. The van der Waals surface area contributed by atoms with E-state index in [1.165, 1.54) is 0 Å². The first-order valence-corrected chi connectivity index (χ1v) is 6.37. The topological polar surface area (TPSA) is 32.3 Å². The largest absolute Gasteiger partial charge is 0.344 e. The van der Waals surface area contributed by atoms with E-state index in [0.29, 0.717) is 6.42 Å². The Morgan fingerprint density at radius 1 is 1.56 bits per heavy atom. The van der Waals surface area contributed by atoms with Gasteiger partial charge in [-0.1, -0.05) is 0 Å². The van der Waals surface area contributed by atoms with Crippen LogP contribution in [-0.4, -0.2) is 38.0 Å². The Morgan fingerprint density at radius 2 is 2.25 bits per heavy atom. The molecule has 1 N–H and O–H groups in total. The molecule has 0 aliphatic heterocycles. The van der Waals surface area contributed by atoms with Crippen LogP contribution in [0.5, 0.6) is 0 Å². The fourth-order valence-corrected chi connectivity index (χ4v) is 2.61. The number of halogens is 2. The minimum Gasteiger partial charge on any atom is -0.344 e. The molecule has 0 bridgehead atoms. The summed E-state index contributed by atoms with van der Waals surface area (Å²) in [6.07, 6.45) is 0.497. The Balaban J connectivity index is 0.00000225. The standard InChI is InChI=1S/C10H15BrN2OS.ClH/c1-12-5-6-13(2)10(14)7-8-3-4-9(11)15-8;/h3-4,12H,5-7H2,1-2H3;1H. The van der Waals surface area contributed by atoms with Crippen LogP contribution in [0.25, 0.3) is 0 Å². The van der Waals surface area contributed by atoms with Crippen LogP contribution in [0.4, 0.5) is 0 Å². The molecule has 1 rings (SSSR count). The molecule has 6 heteroatoms. The zero-order valence-corrected chi connectivity index (χ0v) is 12.5. The first kappa shape index (κ1) is 15.9. The van der Waals surface area contributed by atoms with Crippen molar-refractivity contribution in [3.63, 3.8) is 0 Å². The number of carbonyl (C=O) groups excluding carboxylic acids is 1. The molecule has 0 unspecified atom stereocenters. The highest BCUT2D eigenvalue weighted by Crippen LogP contribution is 2.22. The van der Waals surface area contributed by atoms with E-state index in [-0.39, 0.29) is 18.3 Å². The molecule has 0 atom stereocenters. The van der Waals surface area contributed by atoms with E-state index >= 15 is 0 Å². The fourth-order valence-electron chi connectivity index (χ4n) is 1.13. The molecular formula is C10H16BrClN2OS. The zero-order valence-electron chi connectivity index (χ0n) is 9.33. The second-order valence-corrected chi connectivity index (χ2v) is 5.85. The molecule has 0 saturated heterocycles. The number of likely N-dealkylation sites (N-methyl/N-ethyl adjacent to an activating group) is 2. The number of carbonyl (C=O) groups is 1. The molecule has 0 saturated carbocycles. The van der Waals surface area contributed by atoms with E-state index in [9.17, 15) is 4.79 Å². The predicted octanol–water partition coefficient (Wildman–Crippen LogP) is 2.15. The van der Waals surface area contributed by atoms with Gasteiger partial charge in [-0.3, -0.25) is 4.79 Å². The summed E-state index contributed by atoms with van der Waals surface area (Å²) in [5.74, 6) is 0.166. The number of amides is 1. The Morgan fingerprint density at radius 3 is 2.75 bits per heavy atom. The van der Waals surface area contributed by atoms with Crippen molar-refractivity contribution in [2.45, 2.75) is 6.42 Å². The second kappa shape index (κ2) is 8.06. The van der Waals surface area contributed by atoms with Gasteiger partial charge in [-0.15, -0.1) is 23.7 Å².